The molecule has 200 valence electrons. The first-order valence-electron chi connectivity index (χ1n) is 13.6. The maximum Gasteiger partial charge on any atom is 0.215 e. The van der Waals surface area contributed by atoms with Crippen molar-refractivity contribution in [2.24, 2.45) is 0 Å². The Morgan fingerprint density at radius 3 is 2.62 bits per heavy atom. The average molecular weight is 523 g/mol. The van der Waals surface area contributed by atoms with Gasteiger partial charge >= 0.3 is 0 Å². The Bertz CT molecular complexity index is 1410. The first-order valence-corrected chi connectivity index (χ1v) is 13.6. The van der Waals surface area contributed by atoms with Crippen molar-refractivity contribution in [2.45, 2.75) is 32.5 Å². The van der Waals surface area contributed by atoms with Crippen LogP contribution in [0, 0.1) is 0 Å². The number of anilines is 3. The molecule has 39 heavy (non-hydrogen) atoms. The fourth-order valence-corrected chi connectivity index (χ4v) is 5.10. The van der Waals surface area contributed by atoms with Gasteiger partial charge in [-0.1, -0.05) is 36.4 Å². The van der Waals surface area contributed by atoms with Gasteiger partial charge < -0.3 is 24.6 Å². The minimum absolute atomic E-state index is 0.289. The molecule has 1 N–H and O–H groups in total. The minimum Gasteiger partial charge on any atom is -0.473 e. The first-order chi connectivity index (χ1) is 19.1. The van der Waals surface area contributed by atoms with Crippen LogP contribution in [-0.4, -0.2) is 59.2 Å². The van der Waals surface area contributed by atoms with E-state index >= 15 is 0 Å². The fraction of sp³-hybridized carbons (Fsp3) is 0.323. The molecule has 2 aromatic carbocycles. The molecule has 4 heterocycles. The van der Waals surface area contributed by atoms with Crippen molar-refractivity contribution in [2.75, 3.05) is 43.6 Å². The SMILES string of the molecule is CC1COCCN1c1nc(-c2ccc(Nc3cccc(OCc4ccccc4)n3)cc2)nc2c1CCN(C)C2. The molecule has 1 fully saturated rings. The van der Waals surface area contributed by atoms with Gasteiger partial charge in [0, 0.05) is 42.5 Å². The molecule has 0 spiro atoms. The summed E-state index contributed by atoms with van der Waals surface area (Å²) < 4.78 is 11.6. The standard InChI is InChI=1S/C31H34N6O2/c1-22-20-38-18-17-37(22)31-26-15-16-36(2)19-27(26)33-30(35-31)24-11-13-25(14-12-24)32-28-9-6-10-29(34-28)39-21-23-7-4-3-5-8-23/h3-14,22H,15-21H2,1-2H3,(H,32,34). The quantitative estimate of drug-likeness (QED) is 0.360. The lowest BCUT2D eigenvalue weighted by atomic mass is 10.0. The number of likely N-dealkylation sites (N-methyl/N-ethyl adjacent to an activating group) is 1. The van der Waals surface area contributed by atoms with Crippen LogP contribution >= 0.6 is 0 Å². The largest absolute Gasteiger partial charge is 0.473 e. The monoisotopic (exact) mass is 522 g/mol. The number of nitrogens with one attached hydrogen (secondary N) is 1. The summed E-state index contributed by atoms with van der Waals surface area (Å²) in [6.07, 6.45) is 0.968. The van der Waals surface area contributed by atoms with Gasteiger partial charge in [0.15, 0.2) is 5.82 Å². The van der Waals surface area contributed by atoms with E-state index in [1.54, 1.807) is 0 Å². The molecule has 0 bridgehead atoms. The second-order valence-corrected chi connectivity index (χ2v) is 10.2. The Morgan fingerprint density at radius 1 is 0.949 bits per heavy atom. The highest BCUT2D eigenvalue weighted by atomic mass is 16.5. The van der Waals surface area contributed by atoms with Gasteiger partial charge in [0.2, 0.25) is 5.88 Å². The van der Waals surface area contributed by atoms with Crippen LogP contribution in [-0.2, 0) is 24.3 Å². The van der Waals surface area contributed by atoms with Crippen LogP contribution in [0.3, 0.4) is 0 Å². The molecule has 4 aromatic rings. The summed E-state index contributed by atoms with van der Waals surface area (Å²) in [6.45, 7) is 6.85. The van der Waals surface area contributed by atoms with E-state index in [0.717, 1.165) is 79.2 Å². The normalized spacial score (nSPS) is 17.5. The lowest BCUT2D eigenvalue weighted by Crippen LogP contribution is -2.45. The minimum atomic E-state index is 0.289. The zero-order valence-electron chi connectivity index (χ0n) is 22.5. The molecule has 6 rings (SSSR count). The van der Waals surface area contributed by atoms with Gasteiger partial charge in [0.1, 0.15) is 18.2 Å². The molecule has 0 aliphatic carbocycles. The number of aromatic nitrogens is 3. The van der Waals surface area contributed by atoms with Crippen molar-refractivity contribution in [3.8, 4) is 17.3 Å². The summed E-state index contributed by atoms with van der Waals surface area (Å²) >= 11 is 0. The highest BCUT2D eigenvalue weighted by molar-refractivity contribution is 5.66. The van der Waals surface area contributed by atoms with E-state index in [1.165, 1.54) is 5.56 Å². The van der Waals surface area contributed by atoms with Crippen molar-refractivity contribution in [3.63, 3.8) is 0 Å². The van der Waals surface area contributed by atoms with Crippen molar-refractivity contribution in [1.29, 1.82) is 0 Å². The predicted molar refractivity (Wildman–Crippen MR) is 153 cm³/mol. The Morgan fingerprint density at radius 2 is 1.79 bits per heavy atom. The molecule has 0 amide bonds. The molecule has 0 saturated carbocycles. The van der Waals surface area contributed by atoms with E-state index in [2.05, 4.69) is 46.2 Å². The lowest BCUT2D eigenvalue weighted by Gasteiger charge is -2.37. The van der Waals surface area contributed by atoms with Crippen molar-refractivity contribution in [1.82, 2.24) is 19.9 Å². The maximum atomic E-state index is 5.89. The van der Waals surface area contributed by atoms with Crippen LogP contribution < -0.4 is 15.0 Å². The smallest absolute Gasteiger partial charge is 0.215 e. The zero-order valence-corrected chi connectivity index (χ0v) is 22.5. The van der Waals surface area contributed by atoms with Gasteiger partial charge in [-0.15, -0.1) is 0 Å². The van der Waals surface area contributed by atoms with Crippen LogP contribution in [0.25, 0.3) is 11.4 Å². The molecule has 2 aromatic heterocycles. The number of ether oxygens (including phenoxy) is 2. The molecule has 0 radical (unpaired) electrons. The number of benzene rings is 2. The van der Waals surface area contributed by atoms with Crippen LogP contribution in [0.5, 0.6) is 5.88 Å². The lowest BCUT2D eigenvalue weighted by molar-refractivity contribution is 0.0983. The number of nitrogens with zero attached hydrogens (tertiary/aromatic N) is 5. The molecule has 2 aliphatic heterocycles. The Labute approximate surface area is 229 Å². The van der Waals surface area contributed by atoms with Crippen molar-refractivity contribution >= 4 is 17.3 Å². The van der Waals surface area contributed by atoms with Crippen molar-refractivity contribution in [3.05, 3.63) is 89.6 Å². The Kier molecular flexibility index (Phi) is 7.38. The molecule has 8 heteroatoms. The van der Waals surface area contributed by atoms with E-state index < -0.39 is 0 Å². The summed E-state index contributed by atoms with van der Waals surface area (Å²) in [4.78, 5) is 19.5. The Balaban J connectivity index is 1.20. The molecule has 8 nitrogen and oxygen atoms in total. The number of hydrogen-bond acceptors (Lipinski definition) is 8. The van der Waals surface area contributed by atoms with Crippen LogP contribution in [0.15, 0.2) is 72.8 Å². The molecular weight excluding hydrogens is 488 g/mol. The molecule has 1 saturated heterocycles. The van der Waals surface area contributed by atoms with Gasteiger partial charge in [-0.05, 0) is 56.3 Å². The van der Waals surface area contributed by atoms with E-state index in [0.29, 0.717) is 12.5 Å². The molecule has 1 atom stereocenters. The fourth-order valence-electron chi connectivity index (χ4n) is 5.10. The summed E-state index contributed by atoms with van der Waals surface area (Å²) in [7, 11) is 2.15. The predicted octanol–water partition coefficient (Wildman–Crippen LogP) is 5.07. The number of rotatable bonds is 7. The third-order valence-corrected chi connectivity index (χ3v) is 7.24. The number of fused-ring (bicyclic) bond motifs is 1. The molecule has 1 unspecified atom stereocenters. The third-order valence-electron chi connectivity index (χ3n) is 7.24. The molecule has 2 aliphatic rings. The topological polar surface area (TPSA) is 75.6 Å². The van der Waals surface area contributed by atoms with E-state index in [1.807, 2.05) is 60.7 Å². The van der Waals surface area contributed by atoms with Crippen LogP contribution in [0.4, 0.5) is 17.3 Å². The Hall–Kier alpha value is -4.01. The van der Waals surface area contributed by atoms with Gasteiger partial charge in [0.05, 0.1) is 24.9 Å². The number of hydrogen-bond donors (Lipinski definition) is 1. The first kappa shape index (κ1) is 25.3. The van der Waals surface area contributed by atoms with Gasteiger partial charge in [-0.3, -0.25) is 0 Å². The number of pyridine rings is 1. The van der Waals surface area contributed by atoms with Crippen molar-refractivity contribution < 1.29 is 9.47 Å². The number of morpholine rings is 1. The van der Waals surface area contributed by atoms with E-state index in [-0.39, 0.29) is 6.04 Å². The second kappa shape index (κ2) is 11.4. The third kappa shape index (κ3) is 5.87. The van der Waals surface area contributed by atoms with Gasteiger partial charge in [-0.2, -0.15) is 4.98 Å². The summed E-state index contributed by atoms with van der Waals surface area (Å²) in [5, 5.41) is 3.39. The highest BCUT2D eigenvalue weighted by Crippen LogP contribution is 2.31. The summed E-state index contributed by atoms with van der Waals surface area (Å²) in [5.74, 6) is 3.14. The van der Waals surface area contributed by atoms with Gasteiger partial charge in [0.25, 0.3) is 0 Å². The van der Waals surface area contributed by atoms with Crippen LogP contribution in [0.1, 0.15) is 23.7 Å². The molecular formula is C31H34N6O2. The summed E-state index contributed by atoms with van der Waals surface area (Å²) in [5.41, 5.74) is 5.44. The van der Waals surface area contributed by atoms with E-state index in [4.69, 9.17) is 19.4 Å². The average Bonchev–Trinajstić information content (AvgIpc) is 2.97. The van der Waals surface area contributed by atoms with E-state index in [9.17, 15) is 0 Å². The summed E-state index contributed by atoms with van der Waals surface area (Å²) in [6, 6.07) is 24.3. The second-order valence-electron chi connectivity index (χ2n) is 10.2. The zero-order chi connectivity index (χ0) is 26.6. The highest BCUT2D eigenvalue weighted by Gasteiger charge is 2.28. The van der Waals surface area contributed by atoms with Gasteiger partial charge in [-0.25, -0.2) is 9.97 Å². The maximum absolute atomic E-state index is 5.89. The van der Waals surface area contributed by atoms with Crippen LogP contribution in [0.2, 0.25) is 0 Å².